The van der Waals surface area contributed by atoms with Crippen LogP contribution in [0.15, 0.2) is 78.9 Å². The minimum absolute atomic E-state index is 0.0258. The molecule has 0 bridgehead atoms. The maximum Gasteiger partial charge on any atom is 0.233 e. The van der Waals surface area contributed by atoms with Crippen LogP contribution in [0.4, 0.5) is 17.1 Å². The van der Waals surface area contributed by atoms with Crippen LogP contribution in [0.5, 0.6) is 0 Å². The molecule has 0 spiro atoms. The molecule has 3 aromatic carbocycles. The van der Waals surface area contributed by atoms with Crippen LogP contribution in [0.25, 0.3) is 0 Å². The van der Waals surface area contributed by atoms with Gasteiger partial charge in [0.05, 0.1) is 17.4 Å². The van der Waals surface area contributed by atoms with Gasteiger partial charge in [0, 0.05) is 17.1 Å². The van der Waals surface area contributed by atoms with Crippen molar-refractivity contribution in [3.8, 4) is 6.07 Å². The Bertz CT molecular complexity index is 1040. The molecule has 5 nitrogen and oxygen atoms in total. The molecule has 0 fully saturated rings. The van der Waals surface area contributed by atoms with Gasteiger partial charge in [0.2, 0.25) is 10.0 Å². The molecule has 6 heteroatoms. The van der Waals surface area contributed by atoms with E-state index < -0.39 is 10.0 Å². The number of aryl methyl sites for hydroxylation is 1. The van der Waals surface area contributed by atoms with Gasteiger partial charge in [-0.05, 0) is 54.4 Å². The molecule has 0 aromatic heterocycles. The molecule has 0 radical (unpaired) electrons. The Kier molecular flexibility index (Phi) is 5.74. The van der Waals surface area contributed by atoms with E-state index in [1.54, 1.807) is 42.5 Å². The third-order valence-electron chi connectivity index (χ3n) is 3.94. The number of nitrogens with zero attached hydrogens (tertiary/aromatic N) is 1. The molecule has 0 atom stereocenters. The monoisotopic (exact) mass is 377 g/mol. The number of sulfonamides is 1. The van der Waals surface area contributed by atoms with Crippen molar-refractivity contribution in [2.45, 2.75) is 6.42 Å². The molecule has 0 unspecified atom stereocenters. The van der Waals surface area contributed by atoms with Gasteiger partial charge in [0.1, 0.15) is 0 Å². The fraction of sp³-hybridized carbons (Fsp3) is 0.0952. The van der Waals surface area contributed by atoms with Crippen molar-refractivity contribution in [2.75, 3.05) is 15.8 Å². The molecule has 2 N–H and O–H groups in total. The first-order chi connectivity index (χ1) is 13.0. The molecule has 0 amide bonds. The molecule has 27 heavy (non-hydrogen) atoms. The molecule has 0 saturated heterocycles. The van der Waals surface area contributed by atoms with E-state index in [-0.39, 0.29) is 5.75 Å². The maximum absolute atomic E-state index is 12.3. The van der Waals surface area contributed by atoms with Gasteiger partial charge in [-0.15, -0.1) is 0 Å². The number of benzene rings is 3. The Morgan fingerprint density at radius 1 is 0.815 bits per heavy atom. The Balaban J connectivity index is 1.60. The first kappa shape index (κ1) is 18.5. The van der Waals surface area contributed by atoms with Crippen LogP contribution < -0.4 is 10.0 Å². The molecular weight excluding hydrogens is 358 g/mol. The van der Waals surface area contributed by atoms with Crippen LogP contribution in [-0.4, -0.2) is 14.2 Å². The maximum atomic E-state index is 12.3. The van der Waals surface area contributed by atoms with Crippen molar-refractivity contribution in [3.05, 3.63) is 90.0 Å². The zero-order valence-corrected chi connectivity index (χ0v) is 15.4. The minimum atomic E-state index is -3.42. The molecule has 0 aliphatic rings. The van der Waals surface area contributed by atoms with E-state index in [0.717, 1.165) is 16.9 Å². The van der Waals surface area contributed by atoms with E-state index >= 15 is 0 Å². The van der Waals surface area contributed by atoms with Crippen molar-refractivity contribution >= 4 is 27.1 Å². The number of nitrogens with one attached hydrogen (secondary N) is 2. The normalized spacial score (nSPS) is 10.8. The van der Waals surface area contributed by atoms with Crippen molar-refractivity contribution in [3.63, 3.8) is 0 Å². The second-order valence-corrected chi connectivity index (χ2v) is 7.89. The van der Waals surface area contributed by atoms with E-state index in [0.29, 0.717) is 17.7 Å². The first-order valence-electron chi connectivity index (χ1n) is 8.46. The number of anilines is 3. The van der Waals surface area contributed by atoms with Crippen molar-refractivity contribution in [1.29, 1.82) is 5.26 Å². The topological polar surface area (TPSA) is 82.0 Å². The summed E-state index contributed by atoms with van der Waals surface area (Å²) < 4.78 is 27.1. The van der Waals surface area contributed by atoms with Crippen molar-refractivity contribution in [2.24, 2.45) is 0 Å². The smallest absolute Gasteiger partial charge is 0.233 e. The lowest BCUT2D eigenvalue weighted by Crippen LogP contribution is -2.18. The summed E-state index contributed by atoms with van der Waals surface area (Å²) in [6, 6.07) is 25.8. The Labute approximate surface area is 159 Å². The van der Waals surface area contributed by atoms with Crippen LogP contribution in [-0.2, 0) is 16.4 Å². The van der Waals surface area contributed by atoms with Gasteiger partial charge in [0.25, 0.3) is 0 Å². The first-order valence-corrected chi connectivity index (χ1v) is 10.1. The van der Waals surface area contributed by atoms with Gasteiger partial charge in [-0.25, -0.2) is 8.42 Å². The van der Waals surface area contributed by atoms with E-state index in [1.807, 2.05) is 36.4 Å². The highest BCUT2D eigenvalue weighted by Crippen LogP contribution is 2.20. The average Bonchev–Trinajstić information content (AvgIpc) is 2.69. The molecule has 3 aromatic rings. The second kappa shape index (κ2) is 8.39. The summed E-state index contributed by atoms with van der Waals surface area (Å²) in [6.07, 6.45) is 0.463. The summed E-state index contributed by atoms with van der Waals surface area (Å²) in [5.74, 6) is 0.0258. The summed E-state index contributed by atoms with van der Waals surface area (Å²) >= 11 is 0. The second-order valence-electron chi connectivity index (χ2n) is 6.05. The van der Waals surface area contributed by atoms with Crippen LogP contribution in [0, 0.1) is 11.3 Å². The quantitative estimate of drug-likeness (QED) is 0.644. The summed E-state index contributed by atoms with van der Waals surface area (Å²) in [5.41, 5.74) is 3.67. The van der Waals surface area contributed by atoms with Gasteiger partial charge < -0.3 is 5.32 Å². The Hall–Kier alpha value is -3.30. The molecule has 3 rings (SSSR count). The number of rotatable bonds is 7. The van der Waals surface area contributed by atoms with Crippen molar-refractivity contribution < 1.29 is 8.42 Å². The average molecular weight is 377 g/mol. The van der Waals surface area contributed by atoms with Crippen LogP contribution in [0.3, 0.4) is 0 Å². The van der Waals surface area contributed by atoms with E-state index in [9.17, 15) is 8.42 Å². The van der Waals surface area contributed by atoms with Gasteiger partial charge in [-0.3, -0.25) is 4.72 Å². The largest absolute Gasteiger partial charge is 0.355 e. The highest BCUT2D eigenvalue weighted by atomic mass is 32.2. The zero-order chi connectivity index (χ0) is 19.1. The van der Waals surface area contributed by atoms with Gasteiger partial charge in [-0.1, -0.05) is 36.4 Å². The molecular formula is C21H19N3O2S. The Morgan fingerprint density at radius 2 is 1.52 bits per heavy atom. The zero-order valence-electron chi connectivity index (χ0n) is 14.6. The lowest BCUT2D eigenvalue weighted by Gasteiger charge is -2.10. The van der Waals surface area contributed by atoms with Gasteiger partial charge in [0.15, 0.2) is 0 Å². The lowest BCUT2D eigenvalue weighted by molar-refractivity contribution is 0.600. The standard InChI is InChI=1S/C21H19N3O2S/c22-16-18-7-4-8-21(15-18)23-19-9-11-20(12-10-19)24-27(25,26)14-13-17-5-2-1-3-6-17/h1-12,15,23-24H,13-14H2. The van der Waals surface area contributed by atoms with E-state index in [2.05, 4.69) is 16.1 Å². The fourth-order valence-electron chi connectivity index (χ4n) is 2.58. The summed E-state index contributed by atoms with van der Waals surface area (Å²) in [5, 5.41) is 12.1. The highest BCUT2D eigenvalue weighted by Gasteiger charge is 2.10. The molecule has 0 aliphatic carbocycles. The summed E-state index contributed by atoms with van der Waals surface area (Å²) in [7, 11) is -3.42. The summed E-state index contributed by atoms with van der Waals surface area (Å²) in [6.45, 7) is 0. The molecule has 0 aliphatic heterocycles. The SMILES string of the molecule is N#Cc1cccc(Nc2ccc(NS(=O)(=O)CCc3ccccc3)cc2)c1. The third-order valence-corrected chi connectivity index (χ3v) is 5.23. The highest BCUT2D eigenvalue weighted by molar-refractivity contribution is 7.92. The third kappa shape index (κ3) is 5.59. The van der Waals surface area contributed by atoms with E-state index in [4.69, 9.17) is 5.26 Å². The number of hydrogen-bond acceptors (Lipinski definition) is 4. The molecule has 0 saturated carbocycles. The van der Waals surface area contributed by atoms with E-state index in [1.165, 1.54) is 0 Å². The predicted molar refractivity (Wildman–Crippen MR) is 108 cm³/mol. The lowest BCUT2D eigenvalue weighted by atomic mass is 10.2. The van der Waals surface area contributed by atoms with Gasteiger partial charge >= 0.3 is 0 Å². The molecule has 0 heterocycles. The van der Waals surface area contributed by atoms with Crippen molar-refractivity contribution in [1.82, 2.24) is 0 Å². The molecule has 136 valence electrons. The summed E-state index contributed by atoms with van der Waals surface area (Å²) in [4.78, 5) is 0. The number of hydrogen-bond donors (Lipinski definition) is 2. The predicted octanol–water partition coefficient (Wildman–Crippen LogP) is 4.29. The van der Waals surface area contributed by atoms with Crippen LogP contribution in [0.1, 0.15) is 11.1 Å². The number of nitriles is 1. The van der Waals surface area contributed by atoms with Crippen LogP contribution in [0.2, 0.25) is 0 Å². The van der Waals surface area contributed by atoms with Gasteiger partial charge in [-0.2, -0.15) is 5.26 Å². The Morgan fingerprint density at radius 3 is 2.22 bits per heavy atom. The fourth-order valence-corrected chi connectivity index (χ4v) is 3.68. The minimum Gasteiger partial charge on any atom is -0.355 e. The van der Waals surface area contributed by atoms with Crippen LogP contribution >= 0.6 is 0 Å².